The van der Waals surface area contributed by atoms with Crippen molar-refractivity contribution in [2.45, 2.75) is 19.4 Å². The van der Waals surface area contributed by atoms with Crippen LogP contribution in [0.3, 0.4) is 0 Å². The van der Waals surface area contributed by atoms with E-state index >= 15 is 0 Å². The van der Waals surface area contributed by atoms with E-state index in [4.69, 9.17) is 4.74 Å². The lowest BCUT2D eigenvalue weighted by Gasteiger charge is -2.20. The standard InChI is InChI=1S/C18H18N2O2/c1-13(21)20-18(14-7-4-3-5-8-14)12-17(19-20)15-9-6-10-16(11-15)22-2/h3-11,18H,12H2,1-2H3/t18-/m1/s1. The number of rotatable bonds is 3. The van der Waals surface area contributed by atoms with Crippen molar-refractivity contribution in [2.24, 2.45) is 5.10 Å². The highest BCUT2D eigenvalue weighted by Gasteiger charge is 2.31. The summed E-state index contributed by atoms with van der Waals surface area (Å²) in [5.41, 5.74) is 2.99. The summed E-state index contributed by atoms with van der Waals surface area (Å²) < 4.78 is 5.26. The van der Waals surface area contributed by atoms with Crippen LogP contribution < -0.4 is 4.74 Å². The number of hydrazone groups is 1. The maximum Gasteiger partial charge on any atom is 0.240 e. The highest BCUT2D eigenvalue weighted by molar-refractivity contribution is 6.03. The number of hydrogen-bond donors (Lipinski definition) is 0. The second kappa shape index (κ2) is 6.02. The second-order valence-corrected chi connectivity index (χ2v) is 5.27. The molecule has 1 atom stereocenters. The van der Waals surface area contributed by atoms with Gasteiger partial charge in [0.15, 0.2) is 0 Å². The van der Waals surface area contributed by atoms with Crippen molar-refractivity contribution in [1.29, 1.82) is 0 Å². The summed E-state index contributed by atoms with van der Waals surface area (Å²) in [6.07, 6.45) is 0.705. The number of carbonyl (C=O) groups excluding carboxylic acids is 1. The molecular weight excluding hydrogens is 276 g/mol. The topological polar surface area (TPSA) is 41.9 Å². The number of hydrogen-bond acceptors (Lipinski definition) is 3. The molecule has 2 aromatic carbocycles. The van der Waals surface area contributed by atoms with Gasteiger partial charge in [0.2, 0.25) is 5.91 Å². The summed E-state index contributed by atoms with van der Waals surface area (Å²) in [7, 11) is 1.64. The van der Waals surface area contributed by atoms with Gasteiger partial charge < -0.3 is 4.74 Å². The molecule has 0 aromatic heterocycles. The zero-order valence-electron chi connectivity index (χ0n) is 12.7. The van der Waals surface area contributed by atoms with E-state index in [1.807, 2.05) is 54.6 Å². The molecule has 0 aliphatic carbocycles. The largest absolute Gasteiger partial charge is 0.497 e. The molecule has 0 saturated carbocycles. The molecule has 0 fully saturated rings. The molecule has 0 bridgehead atoms. The van der Waals surface area contributed by atoms with Gasteiger partial charge >= 0.3 is 0 Å². The third-order valence-electron chi connectivity index (χ3n) is 3.82. The highest BCUT2D eigenvalue weighted by Crippen LogP contribution is 2.33. The van der Waals surface area contributed by atoms with E-state index in [1.54, 1.807) is 19.0 Å². The summed E-state index contributed by atoms with van der Waals surface area (Å²) in [6.45, 7) is 1.55. The van der Waals surface area contributed by atoms with Gasteiger partial charge in [0.25, 0.3) is 0 Å². The number of amides is 1. The Hall–Kier alpha value is -2.62. The fourth-order valence-electron chi connectivity index (χ4n) is 2.71. The quantitative estimate of drug-likeness (QED) is 0.870. The lowest BCUT2D eigenvalue weighted by molar-refractivity contribution is -0.130. The van der Waals surface area contributed by atoms with Crippen LogP contribution in [-0.4, -0.2) is 23.7 Å². The van der Waals surface area contributed by atoms with Gasteiger partial charge in [-0.1, -0.05) is 42.5 Å². The van der Waals surface area contributed by atoms with E-state index in [1.165, 1.54) is 0 Å². The van der Waals surface area contributed by atoms with Crippen molar-refractivity contribution in [1.82, 2.24) is 5.01 Å². The molecule has 1 amide bonds. The molecule has 4 nitrogen and oxygen atoms in total. The Labute approximate surface area is 130 Å². The first-order valence-electron chi connectivity index (χ1n) is 7.25. The molecule has 3 rings (SSSR count). The Morgan fingerprint density at radius 2 is 1.95 bits per heavy atom. The number of nitrogens with zero attached hydrogens (tertiary/aromatic N) is 2. The van der Waals surface area contributed by atoms with Crippen LogP contribution in [0, 0.1) is 0 Å². The van der Waals surface area contributed by atoms with Gasteiger partial charge in [-0.25, -0.2) is 5.01 Å². The van der Waals surface area contributed by atoms with Crippen molar-refractivity contribution in [3.63, 3.8) is 0 Å². The summed E-state index contributed by atoms with van der Waals surface area (Å²) >= 11 is 0. The molecule has 0 radical (unpaired) electrons. The Kier molecular flexibility index (Phi) is 3.92. The van der Waals surface area contributed by atoms with Crippen LogP contribution >= 0.6 is 0 Å². The van der Waals surface area contributed by atoms with Crippen LogP contribution in [0.25, 0.3) is 0 Å². The predicted octanol–water partition coefficient (Wildman–Crippen LogP) is 3.39. The average Bonchev–Trinajstić information content (AvgIpc) is 3.01. The Balaban J connectivity index is 1.94. The van der Waals surface area contributed by atoms with Gasteiger partial charge in [-0.3, -0.25) is 4.79 Å². The second-order valence-electron chi connectivity index (χ2n) is 5.27. The fraction of sp³-hybridized carbons (Fsp3) is 0.222. The van der Waals surface area contributed by atoms with E-state index < -0.39 is 0 Å². The molecule has 22 heavy (non-hydrogen) atoms. The molecule has 1 aliphatic rings. The molecule has 112 valence electrons. The number of methoxy groups -OCH3 is 1. The molecule has 0 saturated heterocycles. The molecule has 0 unspecified atom stereocenters. The van der Waals surface area contributed by atoms with E-state index in [-0.39, 0.29) is 11.9 Å². The molecular formula is C18H18N2O2. The maximum atomic E-state index is 11.9. The molecule has 4 heteroatoms. The van der Waals surface area contributed by atoms with Crippen LogP contribution in [0.5, 0.6) is 5.75 Å². The van der Waals surface area contributed by atoms with Crippen molar-refractivity contribution < 1.29 is 9.53 Å². The molecule has 2 aromatic rings. The number of ether oxygens (including phenoxy) is 1. The summed E-state index contributed by atoms with van der Waals surface area (Å²) in [4.78, 5) is 11.9. The lowest BCUT2D eigenvalue weighted by atomic mass is 9.98. The van der Waals surface area contributed by atoms with Gasteiger partial charge in [0.05, 0.1) is 18.9 Å². The summed E-state index contributed by atoms with van der Waals surface area (Å²) in [5.74, 6) is 0.740. The summed E-state index contributed by atoms with van der Waals surface area (Å²) in [5, 5.41) is 6.11. The average molecular weight is 294 g/mol. The molecule has 1 heterocycles. The molecule has 0 spiro atoms. The van der Waals surface area contributed by atoms with Gasteiger partial charge in [-0.2, -0.15) is 5.10 Å². The first-order chi connectivity index (χ1) is 10.7. The van der Waals surface area contributed by atoms with Crippen molar-refractivity contribution in [2.75, 3.05) is 7.11 Å². The fourth-order valence-corrected chi connectivity index (χ4v) is 2.71. The molecule has 0 N–H and O–H groups in total. The Morgan fingerprint density at radius 1 is 1.18 bits per heavy atom. The van der Waals surface area contributed by atoms with Gasteiger partial charge in [-0.05, 0) is 17.7 Å². The minimum atomic E-state index is -0.0493. The van der Waals surface area contributed by atoms with E-state index in [2.05, 4.69) is 5.10 Å². The zero-order chi connectivity index (χ0) is 15.5. The smallest absolute Gasteiger partial charge is 0.240 e. The highest BCUT2D eigenvalue weighted by atomic mass is 16.5. The first kappa shape index (κ1) is 14.3. The summed E-state index contributed by atoms with van der Waals surface area (Å²) in [6, 6.07) is 17.7. The van der Waals surface area contributed by atoms with Crippen molar-refractivity contribution in [3.8, 4) is 5.75 Å². The monoisotopic (exact) mass is 294 g/mol. The van der Waals surface area contributed by atoms with Gasteiger partial charge in [-0.15, -0.1) is 0 Å². The normalized spacial score (nSPS) is 17.3. The van der Waals surface area contributed by atoms with Gasteiger partial charge in [0.1, 0.15) is 5.75 Å². The Morgan fingerprint density at radius 3 is 2.64 bits per heavy atom. The van der Waals surface area contributed by atoms with E-state index in [9.17, 15) is 4.79 Å². The van der Waals surface area contributed by atoms with Crippen LogP contribution in [0.1, 0.15) is 30.5 Å². The van der Waals surface area contributed by atoms with Crippen molar-refractivity contribution in [3.05, 3.63) is 65.7 Å². The van der Waals surface area contributed by atoms with Crippen LogP contribution in [0.4, 0.5) is 0 Å². The molecule has 1 aliphatic heterocycles. The third-order valence-corrected chi connectivity index (χ3v) is 3.82. The predicted molar refractivity (Wildman–Crippen MR) is 85.9 cm³/mol. The number of carbonyl (C=O) groups is 1. The lowest BCUT2D eigenvalue weighted by Crippen LogP contribution is -2.24. The van der Waals surface area contributed by atoms with Crippen LogP contribution in [-0.2, 0) is 4.79 Å². The van der Waals surface area contributed by atoms with Crippen LogP contribution in [0.2, 0.25) is 0 Å². The van der Waals surface area contributed by atoms with Crippen LogP contribution in [0.15, 0.2) is 59.7 Å². The number of benzene rings is 2. The first-order valence-corrected chi connectivity index (χ1v) is 7.25. The minimum absolute atomic E-state index is 0.0418. The Bertz CT molecular complexity index is 710. The SMILES string of the molecule is COc1cccc(C2=NN(C(C)=O)[C@@H](c3ccccc3)C2)c1. The zero-order valence-corrected chi connectivity index (χ0v) is 12.7. The maximum absolute atomic E-state index is 11.9. The van der Waals surface area contributed by atoms with E-state index in [0.717, 1.165) is 22.6 Å². The van der Waals surface area contributed by atoms with E-state index in [0.29, 0.717) is 6.42 Å². The van der Waals surface area contributed by atoms with Gasteiger partial charge in [0, 0.05) is 18.9 Å². The third kappa shape index (κ3) is 2.72. The minimum Gasteiger partial charge on any atom is -0.497 e. The van der Waals surface area contributed by atoms with Crippen molar-refractivity contribution >= 4 is 11.6 Å².